The van der Waals surface area contributed by atoms with E-state index in [1.165, 1.54) is 0 Å². The van der Waals surface area contributed by atoms with Gasteiger partial charge in [-0.2, -0.15) is 0 Å². The van der Waals surface area contributed by atoms with E-state index in [0.717, 1.165) is 20.9 Å². The van der Waals surface area contributed by atoms with E-state index in [1.54, 1.807) is 6.20 Å². The summed E-state index contributed by atoms with van der Waals surface area (Å²) in [6.45, 7) is -0.0200. The predicted octanol–water partition coefficient (Wildman–Crippen LogP) is 2.49. The lowest BCUT2D eigenvalue weighted by Gasteiger charge is -2.03. The van der Waals surface area contributed by atoms with Crippen LogP contribution in [-0.4, -0.2) is 10.1 Å². The molecule has 0 spiro atoms. The topological polar surface area (TPSA) is 33.1 Å². The summed E-state index contributed by atoms with van der Waals surface area (Å²) >= 11 is 3.45. The number of benzene rings is 1. The van der Waals surface area contributed by atoms with Crippen LogP contribution in [-0.2, 0) is 6.61 Å². The van der Waals surface area contributed by atoms with E-state index >= 15 is 0 Å². The molecule has 0 saturated carbocycles. The summed E-state index contributed by atoms with van der Waals surface area (Å²) in [6, 6.07) is 7.80. The first-order valence-corrected chi connectivity index (χ1v) is 4.75. The van der Waals surface area contributed by atoms with Crippen LogP contribution in [0.2, 0.25) is 0 Å². The molecule has 3 heteroatoms. The van der Waals surface area contributed by atoms with Crippen LogP contribution in [0.4, 0.5) is 0 Å². The van der Waals surface area contributed by atoms with E-state index in [0.29, 0.717) is 0 Å². The van der Waals surface area contributed by atoms with Crippen molar-refractivity contribution in [2.75, 3.05) is 0 Å². The Morgan fingerprint density at radius 1 is 1.23 bits per heavy atom. The average molecular weight is 238 g/mol. The number of aliphatic hydroxyl groups is 1. The van der Waals surface area contributed by atoms with Gasteiger partial charge in [-0.15, -0.1) is 0 Å². The third-order valence-corrected chi connectivity index (χ3v) is 2.68. The Bertz CT molecular complexity index is 442. The van der Waals surface area contributed by atoms with Gasteiger partial charge in [0, 0.05) is 16.1 Å². The van der Waals surface area contributed by atoms with Crippen molar-refractivity contribution in [2.24, 2.45) is 0 Å². The molecule has 2 rings (SSSR count). The van der Waals surface area contributed by atoms with Crippen LogP contribution in [0.25, 0.3) is 10.8 Å². The molecule has 0 aliphatic rings. The zero-order valence-corrected chi connectivity index (χ0v) is 8.45. The van der Waals surface area contributed by atoms with Gasteiger partial charge in [-0.3, -0.25) is 4.98 Å². The molecule has 2 nitrogen and oxygen atoms in total. The summed E-state index contributed by atoms with van der Waals surface area (Å²) in [5.41, 5.74) is 0.721. The van der Waals surface area contributed by atoms with Crippen molar-refractivity contribution in [1.29, 1.82) is 0 Å². The Balaban J connectivity index is 2.84. The van der Waals surface area contributed by atoms with Crippen LogP contribution >= 0.6 is 15.9 Å². The molecule has 0 fully saturated rings. The van der Waals surface area contributed by atoms with Crippen LogP contribution in [0, 0.1) is 0 Å². The molecule has 0 unspecified atom stereocenters. The van der Waals surface area contributed by atoms with Crippen molar-refractivity contribution in [1.82, 2.24) is 4.98 Å². The van der Waals surface area contributed by atoms with Gasteiger partial charge in [0.1, 0.15) is 0 Å². The van der Waals surface area contributed by atoms with Gasteiger partial charge in [0.15, 0.2) is 0 Å². The van der Waals surface area contributed by atoms with Gasteiger partial charge in [0.05, 0.1) is 12.3 Å². The first kappa shape index (κ1) is 8.66. The molecule has 0 saturated heterocycles. The molecule has 1 aromatic carbocycles. The van der Waals surface area contributed by atoms with Crippen LogP contribution < -0.4 is 0 Å². The average Bonchev–Trinajstić information content (AvgIpc) is 2.18. The van der Waals surface area contributed by atoms with Gasteiger partial charge in [0.25, 0.3) is 0 Å². The number of aromatic nitrogens is 1. The maximum atomic E-state index is 9.05. The van der Waals surface area contributed by atoms with Crippen molar-refractivity contribution in [3.63, 3.8) is 0 Å². The molecule has 2 aromatic rings. The zero-order valence-electron chi connectivity index (χ0n) is 6.87. The SMILES string of the molecule is OCc1nccc2c(Br)cccc12. The number of nitrogens with zero attached hydrogens (tertiary/aromatic N) is 1. The van der Waals surface area contributed by atoms with E-state index in [1.807, 2.05) is 24.3 Å². The molecule has 0 aliphatic carbocycles. The minimum Gasteiger partial charge on any atom is -0.390 e. The molecule has 0 amide bonds. The third-order valence-electron chi connectivity index (χ3n) is 1.99. The van der Waals surface area contributed by atoms with Crippen LogP contribution in [0.15, 0.2) is 34.9 Å². The lowest BCUT2D eigenvalue weighted by Crippen LogP contribution is -1.90. The number of aliphatic hydroxyl groups excluding tert-OH is 1. The Hall–Kier alpha value is -0.930. The molecule has 13 heavy (non-hydrogen) atoms. The number of rotatable bonds is 1. The quantitative estimate of drug-likeness (QED) is 0.827. The predicted molar refractivity (Wildman–Crippen MR) is 55.4 cm³/mol. The zero-order chi connectivity index (χ0) is 9.26. The molecular weight excluding hydrogens is 230 g/mol. The fourth-order valence-electron chi connectivity index (χ4n) is 1.36. The van der Waals surface area contributed by atoms with Gasteiger partial charge < -0.3 is 5.11 Å². The van der Waals surface area contributed by atoms with Gasteiger partial charge in [-0.25, -0.2) is 0 Å². The fourth-order valence-corrected chi connectivity index (χ4v) is 1.85. The second kappa shape index (κ2) is 3.44. The summed E-state index contributed by atoms with van der Waals surface area (Å²) in [7, 11) is 0. The smallest absolute Gasteiger partial charge is 0.0859 e. The van der Waals surface area contributed by atoms with Crippen molar-refractivity contribution in [2.45, 2.75) is 6.61 Å². The van der Waals surface area contributed by atoms with E-state index in [2.05, 4.69) is 20.9 Å². The molecule has 1 aromatic heterocycles. The standard InChI is InChI=1S/C10H8BrNO/c11-9-3-1-2-8-7(9)4-5-12-10(8)6-13/h1-5,13H,6H2. The van der Waals surface area contributed by atoms with Crippen molar-refractivity contribution in [3.8, 4) is 0 Å². The number of fused-ring (bicyclic) bond motifs is 1. The summed E-state index contributed by atoms with van der Waals surface area (Å²) in [4.78, 5) is 4.10. The van der Waals surface area contributed by atoms with Crippen molar-refractivity contribution < 1.29 is 5.11 Å². The Morgan fingerprint density at radius 3 is 2.85 bits per heavy atom. The number of pyridine rings is 1. The molecule has 1 heterocycles. The summed E-state index contributed by atoms with van der Waals surface area (Å²) < 4.78 is 1.03. The highest BCUT2D eigenvalue weighted by Crippen LogP contribution is 2.24. The maximum Gasteiger partial charge on any atom is 0.0859 e. The number of hydrogen-bond acceptors (Lipinski definition) is 2. The van der Waals surface area contributed by atoms with E-state index in [9.17, 15) is 0 Å². The highest BCUT2D eigenvalue weighted by molar-refractivity contribution is 9.10. The summed E-state index contributed by atoms with van der Waals surface area (Å²) in [6.07, 6.45) is 1.71. The monoisotopic (exact) mass is 237 g/mol. The highest BCUT2D eigenvalue weighted by atomic mass is 79.9. The molecule has 1 N–H and O–H groups in total. The van der Waals surface area contributed by atoms with Crippen molar-refractivity contribution >= 4 is 26.7 Å². The normalized spacial score (nSPS) is 10.6. The molecule has 66 valence electrons. The minimum absolute atomic E-state index is 0.0200. The molecular formula is C10H8BrNO. The molecule has 0 bridgehead atoms. The highest BCUT2D eigenvalue weighted by Gasteiger charge is 2.02. The number of hydrogen-bond donors (Lipinski definition) is 1. The van der Waals surface area contributed by atoms with Gasteiger partial charge in [0.2, 0.25) is 0 Å². The lowest BCUT2D eigenvalue weighted by atomic mass is 10.1. The van der Waals surface area contributed by atoms with E-state index in [4.69, 9.17) is 5.11 Å². The lowest BCUT2D eigenvalue weighted by molar-refractivity contribution is 0.278. The molecule has 0 atom stereocenters. The first-order valence-electron chi connectivity index (χ1n) is 3.96. The number of halogens is 1. The Kier molecular flexibility index (Phi) is 2.29. The van der Waals surface area contributed by atoms with Crippen LogP contribution in [0.3, 0.4) is 0 Å². The summed E-state index contributed by atoms with van der Waals surface area (Å²) in [5.74, 6) is 0. The van der Waals surface area contributed by atoms with Gasteiger partial charge in [-0.1, -0.05) is 28.1 Å². The second-order valence-corrected chi connectivity index (χ2v) is 3.61. The second-order valence-electron chi connectivity index (χ2n) is 2.75. The van der Waals surface area contributed by atoms with Crippen LogP contribution in [0.5, 0.6) is 0 Å². The fraction of sp³-hybridized carbons (Fsp3) is 0.100. The van der Waals surface area contributed by atoms with E-state index in [-0.39, 0.29) is 6.61 Å². The Morgan fingerprint density at radius 2 is 2.08 bits per heavy atom. The minimum atomic E-state index is -0.0200. The van der Waals surface area contributed by atoms with E-state index < -0.39 is 0 Å². The van der Waals surface area contributed by atoms with Gasteiger partial charge in [-0.05, 0) is 17.5 Å². The Labute approximate surface area is 84.4 Å². The summed E-state index contributed by atoms with van der Waals surface area (Å²) in [5, 5.41) is 11.1. The first-order chi connectivity index (χ1) is 6.33. The largest absolute Gasteiger partial charge is 0.390 e. The maximum absolute atomic E-state index is 9.05. The van der Waals surface area contributed by atoms with Crippen molar-refractivity contribution in [3.05, 3.63) is 40.6 Å². The third kappa shape index (κ3) is 1.45. The molecule has 0 radical (unpaired) electrons. The van der Waals surface area contributed by atoms with Crippen LogP contribution in [0.1, 0.15) is 5.69 Å². The van der Waals surface area contributed by atoms with Gasteiger partial charge >= 0.3 is 0 Å². The molecule has 0 aliphatic heterocycles.